The van der Waals surface area contributed by atoms with Gasteiger partial charge < -0.3 is 5.32 Å². The molecule has 0 atom stereocenters. The molecule has 4 rings (SSSR count). The highest BCUT2D eigenvalue weighted by atomic mass is 14.8. The fourth-order valence-electron chi connectivity index (χ4n) is 3.26. The molecule has 0 bridgehead atoms. The van der Waals surface area contributed by atoms with E-state index in [-0.39, 0.29) is 0 Å². The van der Waals surface area contributed by atoms with Gasteiger partial charge in [0.05, 0.1) is 0 Å². The second-order valence-electron chi connectivity index (χ2n) is 5.01. The molecule has 0 spiro atoms. The molecule has 0 amide bonds. The van der Waals surface area contributed by atoms with Crippen LogP contribution in [-0.4, -0.2) is 7.05 Å². The van der Waals surface area contributed by atoms with Crippen LogP contribution in [0.1, 0.15) is 23.1 Å². The Hall–Kier alpha value is -2.02. The Bertz CT molecular complexity index is 720. The van der Waals surface area contributed by atoms with E-state index < -0.39 is 0 Å². The molecule has 0 aromatic heterocycles. The van der Waals surface area contributed by atoms with Gasteiger partial charge in [0.2, 0.25) is 0 Å². The Morgan fingerprint density at radius 1 is 1.06 bits per heavy atom. The van der Waals surface area contributed by atoms with Crippen molar-refractivity contribution in [2.75, 3.05) is 12.4 Å². The van der Waals surface area contributed by atoms with Crippen molar-refractivity contribution in [3.05, 3.63) is 53.1 Å². The molecule has 0 fully saturated rings. The molecular formula is C17H15N. The molecule has 1 N–H and O–H groups in total. The normalized spacial score (nSPS) is 15.7. The highest BCUT2D eigenvalue weighted by Gasteiger charge is 2.20. The number of nitrogens with one attached hydrogen (secondary N) is 1. The van der Waals surface area contributed by atoms with Crippen molar-refractivity contribution in [3.8, 4) is 0 Å². The summed E-state index contributed by atoms with van der Waals surface area (Å²) in [5.41, 5.74) is 7.05. The van der Waals surface area contributed by atoms with Crippen LogP contribution in [0.25, 0.3) is 22.4 Å². The maximum absolute atomic E-state index is 3.32. The number of hydrogen-bond acceptors (Lipinski definition) is 1. The maximum Gasteiger partial charge on any atom is 0.0380 e. The molecular weight excluding hydrogens is 218 g/mol. The van der Waals surface area contributed by atoms with E-state index >= 15 is 0 Å². The van der Waals surface area contributed by atoms with Gasteiger partial charge in [-0.25, -0.2) is 0 Å². The Balaban J connectivity index is 2.20. The quantitative estimate of drug-likeness (QED) is 0.777. The lowest BCUT2D eigenvalue weighted by Crippen LogP contribution is -2.05. The zero-order valence-electron chi connectivity index (χ0n) is 10.5. The first-order valence-corrected chi connectivity index (χ1v) is 6.51. The Kier molecular flexibility index (Phi) is 1.93. The van der Waals surface area contributed by atoms with Crippen molar-refractivity contribution >= 4 is 28.1 Å². The van der Waals surface area contributed by atoms with E-state index in [1.54, 1.807) is 0 Å². The minimum atomic E-state index is 1.05. The lowest BCUT2D eigenvalue weighted by molar-refractivity contribution is 1.22. The van der Waals surface area contributed by atoms with Crippen LogP contribution < -0.4 is 5.32 Å². The molecule has 2 aliphatic carbocycles. The second-order valence-corrected chi connectivity index (χ2v) is 5.01. The summed E-state index contributed by atoms with van der Waals surface area (Å²) in [6, 6.07) is 8.92. The number of rotatable bonds is 1. The molecule has 1 heteroatoms. The van der Waals surface area contributed by atoms with E-state index in [0.29, 0.717) is 0 Å². The molecule has 0 unspecified atom stereocenters. The minimum Gasteiger partial charge on any atom is -0.388 e. The summed E-state index contributed by atoms with van der Waals surface area (Å²) in [5.74, 6) is 0. The molecule has 2 aromatic carbocycles. The first-order valence-electron chi connectivity index (χ1n) is 6.51. The van der Waals surface area contributed by atoms with Crippen LogP contribution in [0.4, 0.5) is 5.69 Å². The van der Waals surface area contributed by atoms with Crippen LogP contribution in [0.2, 0.25) is 0 Å². The van der Waals surface area contributed by atoms with Gasteiger partial charge in [-0.15, -0.1) is 0 Å². The lowest BCUT2D eigenvalue weighted by Gasteiger charge is -2.24. The van der Waals surface area contributed by atoms with Gasteiger partial charge >= 0.3 is 0 Å². The Labute approximate surface area is 107 Å². The fraction of sp³-hybridized carbons (Fsp3) is 0.176. The lowest BCUT2D eigenvalue weighted by atomic mass is 9.81. The fourth-order valence-corrected chi connectivity index (χ4v) is 3.26. The third kappa shape index (κ3) is 1.16. The largest absolute Gasteiger partial charge is 0.388 e. The molecule has 0 saturated heterocycles. The minimum absolute atomic E-state index is 1.05. The van der Waals surface area contributed by atoms with Crippen molar-refractivity contribution in [1.29, 1.82) is 0 Å². The third-order valence-corrected chi connectivity index (χ3v) is 4.10. The van der Waals surface area contributed by atoms with Gasteiger partial charge in [0.1, 0.15) is 0 Å². The summed E-state index contributed by atoms with van der Waals surface area (Å²) < 4.78 is 0. The molecule has 18 heavy (non-hydrogen) atoms. The van der Waals surface area contributed by atoms with Gasteiger partial charge in [-0.1, -0.05) is 36.4 Å². The van der Waals surface area contributed by atoms with Crippen LogP contribution in [0.5, 0.6) is 0 Å². The van der Waals surface area contributed by atoms with Crippen LogP contribution in [0.3, 0.4) is 0 Å². The van der Waals surface area contributed by atoms with E-state index in [4.69, 9.17) is 0 Å². The van der Waals surface area contributed by atoms with Crippen LogP contribution in [-0.2, 0) is 6.42 Å². The average molecular weight is 233 g/mol. The SMILES string of the molecule is CNc1ccc2ccc3c4c2c1CC=C4CC=C3. The van der Waals surface area contributed by atoms with Gasteiger partial charge in [0.25, 0.3) is 0 Å². The van der Waals surface area contributed by atoms with E-state index in [1.807, 2.05) is 7.05 Å². The molecule has 0 radical (unpaired) electrons. The van der Waals surface area contributed by atoms with Crippen LogP contribution in [0.15, 0.2) is 36.4 Å². The summed E-state index contributed by atoms with van der Waals surface area (Å²) in [6.45, 7) is 0. The van der Waals surface area contributed by atoms with E-state index in [0.717, 1.165) is 12.8 Å². The van der Waals surface area contributed by atoms with Gasteiger partial charge in [-0.2, -0.15) is 0 Å². The standard InChI is InChI=1S/C17H15N/c1-18-15-10-8-13-6-5-11-3-2-4-12-7-9-14(15)17(13)16(11)12/h2-3,5-8,10,18H,4,9H2,1H3. The van der Waals surface area contributed by atoms with Gasteiger partial charge in [-0.3, -0.25) is 0 Å². The van der Waals surface area contributed by atoms with Crippen molar-refractivity contribution < 1.29 is 0 Å². The van der Waals surface area contributed by atoms with Crippen molar-refractivity contribution in [2.45, 2.75) is 12.8 Å². The molecule has 88 valence electrons. The van der Waals surface area contributed by atoms with E-state index in [9.17, 15) is 0 Å². The predicted octanol–water partition coefficient (Wildman–Crippen LogP) is 4.24. The monoisotopic (exact) mass is 233 g/mol. The number of anilines is 1. The van der Waals surface area contributed by atoms with Crippen molar-refractivity contribution in [1.82, 2.24) is 0 Å². The first kappa shape index (κ1) is 9.95. The molecule has 0 aliphatic heterocycles. The van der Waals surface area contributed by atoms with Crippen molar-refractivity contribution in [2.24, 2.45) is 0 Å². The second kappa shape index (κ2) is 3.49. The Morgan fingerprint density at radius 3 is 2.83 bits per heavy atom. The number of allylic oxidation sites excluding steroid dienone is 3. The summed E-state index contributed by atoms with van der Waals surface area (Å²) in [6.07, 6.45) is 9.05. The maximum atomic E-state index is 3.32. The number of benzene rings is 2. The average Bonchev–Trinajstić information content (AvgIpc) is 2.44. The summed E-state index contributed by atoms with van der Waals surface area (Å²) in [5, 5.41) is 6.15. The van der Waals surface area contributed by atoms with Gasteiger partial charge in [0, 0.05) is 12.7 Å². The van der Waals surface area contributed by atoms with Gasteiger partial charge in [-0.05, 0) is 51.9 Å². The predicted molar refractivity (Wildman–Crippen MR) is 78.8 cm³/mol. The summed E-state index contributed by atoms with van der Waals surface area (Å²) in [4.78, 5) is 0. The molecule has 2 aromatic rings. The zero-order valence-corrected chi connectivity index (χ0v) is 10.5. The van der Waals surface area contributed by atoms with E-state index in [1.165, 1.54) is 38.7 Å². The molecule has 0 heterocycles. The topological polar surface area (TPSA) is 12.0 Å². The highest BCUT2D eigenvalue weighted by molar-refractivity contribution is 6.04. The van der Waals surface area contributed by atoms with Gasteiger partial charge in [0.15, 0.2) is 0 Å². The van der Waals surface area contributed by atoms with E-state index in [2.05, 4.69) is 47.8 Å². The van der Waals surface area contributed by atoms with Crippen LogP contribution >= 0.6 is 0 Å². The third-order valence-electron chi connectivity index (χ3n) is 4.10. The first-order chi connectivity index (χ1) is 8.88. The Morgan fingerprint density at radius 2 is 1.94 bits per heavy atom. The summed E-state index contributed by atoms with van der Waals surface area (Å²) in [7, 11) is 2.01. The smallest absolute Gasteiger partial charge is 0.0380 e. The zero-order chi connectivity index (χ0) is 12.1. The highest BCUT2D eigenvalue weighted by Crippen LogP contribution is 2.42. The number of hydrogen-bond donors (Lipinski definition) is 1. The molecule has 0 saturated carbocycles. The molecule has 2 aliphatic rings. The van der Waals surface area contributed by atoms with Crippen LogP contribution in [0, 0.1) is 0 Å². The van der Waals surface area contributed by atoms with Crippen molar-refractivity contribution in [3.63, 3.8) is 0 Å². The molecule has 1 nitrogen and oxygen atoms in total. The summed E-state index contributed by atoms with van der Waals surface area (Å²) >= 11 is 0.